The summed E-state index contributed by atoms with van der Waals surface area (Å²) in [5.41, 5.74) is 5.69. The fourth-order valence-corrected chi connectivity index (χ4v) is 5.42. The van der Waals surface area contributed by atoms with E-state index in [0.717, 1.165) is 28.3 Å². The highest BCUT2D eigenvalue weighted by atomic mass is 32.1. The van der Waals surface area contributed by atoms with E-state index in [4.69, 9.17) is 17.0 Å². The minimum atomic E-state index is -0.287. The predicted molar refractivity (Wildman–Crippen MR) is 150 cm³/mol. The third-order valence-electron chi connectivity index (χ3n) is 6.69. The van der Waals surface area contributed by atoms with Gasteiger partial charge in [-0.3, -0.25) is 9.78 Å². The minimum Gasteiger partial charge on any atom is -0.375 e. The molecule has 0 unspecified atom stereocenters. The van der Waals surface area contributed by atoms with Crippen LogP contribution in [-0.4, -0.2) is 34.3 Å². The number of benzene rings is 2. The number of methoxy groups -OCH3 is 1. The summed E-state index contributed by atoms with van der Waals surface area (Å²) < 4.78 is 21.7. The lowest BCUT2D eigenvalue weighted by Crippen LogP contribution is -2.29. The maximum Gasteiger partial charge on any atom is 0.250 e. The quantitative estimate of drug-likeness (QED) is 0.313. The normalized spacial score (nSPS) is 16.9. The Morgan fingerprint density at radius 1 is 1.11 bits per heavy atom. The molecule has 2 atom stereocenters. The molecule has 0 spiro atoms. The number of para-hydroxylation sites is 1. The average Bonchev–Trinajstić information content (AvgIpc) is 3.40. The third-order valence-corrected chi connectivity index (χ3v) is 7.00. The van der Waals surface area contributed by atoms with Crippen LogP contribution in [-0.2, 0) is 9.53 Å². The molecule has 1 fully saturated rings. The van der Waals surface area contributed by atoms with Crippen LogP contribution in [0.4, 0.5) is 15.8 Å². The van der Waals surface area contributed by atoms with Gasteiger partial charge in [-0.2, -0.15) is 0 Å². The second-order valence-electron chi connectivity index (χ2n) is 9.14. The summed E-state index contributed by atoms with van der Waals surface area (Å²) in [6, 6.07) is 21.7. The number of hydrogen-bond donors (Lipinski definition) is 2. The molecule has 5 rings (SSSR count). The summed E-state index contributed by atoms with van der Waals surface area (Å²) in [5.74, 6) is -0.516. The molecule has 38 heavy (non-hydrogen) atoms. The van der Waals surface area contributed by atoms with Gasteiger partial charge >= 0.3 is 0 Å². The number of pyridine rings is 1. The average molecular weight is 530 g/mol. The van der Waals surface area contributed by atoms with Crippen molar-refractivity contribution in [2.75, 3.05) is 23.9 Å². The zero-order valence-electron chi connectivity index (χ0n) is 21.3. The van der Waals surface area contributed by atoms with Crippen LogP contribution in [0.25, 0.3) is 5.69 Å². The van der Waals surface area contributed by atoms with Gasteiger partial charge in [-0.1, -0.05) is 18.2 Å². The predicted octanol–water partition coefficient (Wildman–Crippen LogP) is 5.39. The molecule has 0 bridgehead atoms. The number of anilines is 2. The van der Waals surface area contributed by atoms with E-state index in [0.29, 0.717) is 16.5 Å². The van der Waals surface area contributed by atoms with Crippen LogP contribution in [0.2, 0.25) is 0 Å². The molecule has 1 aliphatic heterocycles. The van der Waals surface area contributed by atoms with Crippen LogP contribution in [0.15, 0.2) is 79.0 Å². The highest BCUT2D eigenvalue weighted by Gasteiger charge is 2.42. The molecule has 3 heterocycles. The number of thiocarbonyl (C=S) groups is 1. The second kappa shape index (κ2) is 10.7. The molecule has 2 aromatic carbocycles. The van der Waals surface area contributed by atoms with Gasteiger partial charge in [0.25, 0.3) is 0 Å². The molecule has 2 aromatic heterocycles. The Hall–Kier alpha value is -4.08. The Morgan fingerprint density at radius 3 is 2.53 bits per heavy atom. The van der Waals surface area contributed by atoms with E-state index in [1.807, 2.05) is 66.9 Å². The molecule has 0 aliphatic carbocycles. The van der Waals surface area contributed by atoms with Crippen LogP contribution in [0.5, 0.6) is 0 Å². The first-order chi connectivity index (χ1) is 18.4. The fourth-order valence-electron chi connectivity index (χ4n) is 5.07. The van der Waals surface area contributed by atoms with Crippen molar-refractivity contribution in [3.05, 3.63) is 107 Å². The number of aryl methyl sites for hydroxylation is 1. The second-order valence-corrected chi connectivity index (χ2v) is 9.52. The number of hydrogen-bond acceptors (Lipinski definition) is 4. The first-order valence-electron chi connectivity index (χ1n) is 12.2. The van der Waals surface area contributed by atoms with Crippen molar-refractivity contribution in [2.45, 2.75) is 25.9 Å². The van der Waals surface area contributed by atoms with E-state index in [1.165, 1.54) is 13.2 Å². The topological polar surface area (TPSA) is 71.4 Å². The monoisotopic (exact) mass is 529 g/mol. The van der Waals surface area contributed by atoms with Crippen LogP contribution in [0.3, 0.4) is 0 Å². The standard InChI is InChI=1S/C29H28FN5O2S/c1-18-16-22(19(2)34(18)25-10-5-4-8-23(25)30)28-27(24-9-6-7-15-31-24)33-29(38)35(28)21-13-11-20(12-14-21)32-26(36)17-37-3/h4-16,27-28H,17H2,1-3H3,(H,32,36)(H,33,38)/t27-,28+/m0/s1. The van der Waals surface area contributed by atoms with E-state index >= 15 is 0 Å². The van der Waals surface area contributed by atoms with Gasteiger partial charge in [-0.25, -0.2) is 4.39 Å². The van der Waals surface area contributed by atoms with Gasteiger partial charge in [0.1, 0.15) is 12.4 Å². The summed E-state index contributed by atoms with van der Waals surface area (Å²) in [6.07, 6.45) is 1.76. The number of rotatable bonds is 7. The Labute approximate surface area is 226 Å². The summed E-state index contributed by atoms with van der Waals surface area (Å²) in [4.78, 5) is 18.6. The molecule has 0 radical (unpaired) electrons. The van der Waals surface area contributed by atoms with Crippen LogP contribution >= 0.6 is 12.2 Å². The minimum absolute atomic E-state index is 0.0205. The Bertz CT molecular complexity index is 1470. The highest BCUT2D eigenvalue weighted by Crippen LogP contribution is 2.44. The number of carbonyl (C=O) groups excluding carboxylic acids is 1. The number of carbonyl (C=O) groups is 1. The van der Waals surface area contributed by atoms with E-state index in [9.17, 15) is 9.18 Å². The number of aromatic nitrogens is 2. The van der Waals surface area contributed by atoms with Gasteiger partial charge in [-0.15, -0.1) is 0 Å². The Morgan fingerprint density at radius 2 is 1.84 bits per heavy atom. The van der Waals surface area contributed by atoms with Gasteiger partial charge in [0.05, 0.1) is 23.5 Å². The van der Waals surface area contributed by atoms with E-state index in [1.54, 1.807) is 18.3 Å². The lowest BCUT2D eigenvalue weighted by molar-refractivity contribution is -0.119. The van der Waals surface area contributed by atoms with Gasteiger partial charge in [0.15, 0.2) is 5.11 Å². The zero-order valence-corrected chi connectivity index (χ0v) is 22.1. The number of nitrogens with one attached hydrogen (secondary N) is 2. The number of ether oxygens (including phenoxy) is 1. The summed E-state index contributed by atoms with van der Waals surface area (Å²) in [5, 5.41) is 6.83. The SMILES string of the molecule is COCC(=O)Nc1ccc(N2C(=S)N[C@@H](c3ccccn3)[C@H]2c2cc(C)n(-c3ccccc3F)c2C)cc1. The van der Waals surface area contributed by atoms with Crippen molar-refractivity contribution in [2.24, 2.45) is 0 Å². The van der Waals surface area contributed by atoms with Crippen molar-refractivity contribution in [3.63, 3.8) is 0 Å². The third kappa shape index (κ3) is 4.78. The molecule has 1 amide bonds. The van der Waals surface area contributed by atoms with Crippen molar-refractivity contribution in [3.8, 4) is 5.69 Å². The first-order valence-corrected chi connectivity index (χ1v) is 12.6. The number of amides is 1. The number of halogens is 1. The summed E-state index contributed by atoms with van der Waals surface area (Å²) in [7, 11) is 1.48. The maximum atomic E-state index is 14.8. The van der Waals surface area contributed by atoms with E-state index < -0.39 is 0 Å². The molecule has 7 nitrogen and oxygen atoms in total. The highest BCUT2D eigenvalue weighted by molar-refractivity contribution is 7.80. The summed E-state index contributed by atoms with van der Waals surface area (Å²) >= 11 is 5.85. The Balaban J connectivity index is 1.59. The van der Waals surface area contributed by atoms with Crippen LogP contribution in [0.1, 0.15) is 34.7 Å². The molecule has 1 saturated heterocycles. The molecule has 0 saturated carbocycles. The van der Waals surface area contributed by atoms with Crippen LogP contribution in [0, 0.1) is 19.7 Å². The lowest BCUT2D eigenvalue weighted by Gasteiger charge is -2.28. The maximum absolute atomic E-state index is 14.8. The molecular weight excluding hydrogens is 501 g/mol. The van der Waals surface area contributed by atoms with Crippen molar-refractivity contribution >= 4 is 34.6 Å². The van der Waals surface area contributed by atoms with Gasteiger partial charge < -0.3 is 24.8 Å². The molecular formula is C29H28FN5O2S. The number of nitrogens with zero attached hydrogens (tertiary/aromatic N) is 3. The van der Waals surface area contributed by atoms with Crippen LogP contribution < -0.4 is 15.5 Å². The van der Waals surface area contributed by atoms with Gasteiger partial charge in [0.2, 0.25) is 5.91 Å². The smallest absolute Gasteiger partial charge is 0.250 e. The molecule has 2 N–H and O–H groups in total. The van der Waals surface area contributed by atoms with Gasteiger partial charge in [-0.05, 0) is 86.2 Å². The van der Waals surface area contributed by atoms with Crippen molar-refractivity contribution < 1.29 is 13.9 Å². The molecule has 1 aliphatic rings. The molecule has 4 aromatic rings. The molecule has 194 valence electrons. The first kappa shape index (κ1) is 25.6. The van der Waals surface area contributed by atoms with Gasteiger partial charge in [0, 0.05) is 36.1 Å². The largest absolute Gasteiger partial charge is 0.375 e. The Kier molecular flexibility index (Phi) is 7.22. The van der Waals surface area contributed by atoms with Crippen molar-refractivity contribution in [1.82, 2.24) is 14.9 Å². The summed E-state index contributed by atoms with van der Waals surface area (Å²) in [6.45, 7) is 3.95. The molecule has 9 heteroatoms. The van der Waals surface area contributed by atoms with E-state index in [-0.39, 0.29) is 30.4 Å². The lowest BCUT2D eigenvalue weighted by atomic mass is 9.96. The zero-order chi connectivity index (χ0) is 26.8. The van der Waals surface area contributed by atoms with E-state index in [2.05, 4.69) is 26.6 Å². The van der Waals surface area contributed by atoms with Crippen molar-refractivity contribution in [1.29, 1.82) is 0 Å². The fraction of sp³-hybridized carbons (Fsp3) is 0.207.